The molecule has 126 valence electrons. The Hall–Kier alpha value is -2.44. The standard InChI is InChI=1S/C16H22N2O5/c1-4-12(2)17(10-9-16(20)23-3)15(19)11-13-7-5-6-8-14(13)18(21)22/h5-8,12H,4,9-11H2,1-3H3. The highest BCUT2D eigenvalue weighted by atomic mass is 16.6. The van der Waals surface area contributed by atoms with E-state index >= 15 is 0 Å². The van der Waals surface area contributed by atoms with E-state index in [0.29, 0.717) is 5.56 Å². The maximum atomic E-state index is 12.5. The van der Waals surface area contributed by atoms with Crippen LogP contribution in [0.3, 0.4) is 0 Å². The molecule has 23 heavy (non-hydrogen) atoms. The molecule has 0 bridgehead atoms. The topological polar surface area (TPSA) is 89.8 Å². The van der Waals surface area contributed by atoms with Crippen molar-refractivity contribution in [2.45, 2.75) is 39.2 Å². The molecule has 1 aromatic rings. The molecule has 7 nitrogen and oxygen atoms in total. The van der Waals surface area contributed by atoms with E-state index in [9.17, 15) is 19.7 Å². The fraction of sp³-hybridized carbons (Fsp3) is 0.500. The van der Waals surface area contributed by atoms with Crippen molar-refractivity contribution in [3.8, 4) is 0 Å². The van der Waals surface area contributed by atoms with Gasteiger partial charge in [0.15, 0.2) is 0 Å². The molecule has 1 atom stereocenters. The van der Waals surface area contributed by atoms with Gasteiger partial charge in [0.2, 0.25) is 5.91 Å². The Morgan fingerprint density at radius 1 is 1.35 bits per heavy atom. The van der Waals surface area contributed by atoms with Crippen molar-refractivity contribution < 1.29 is 19.2 Å². The molecule has 0 saturated heterocycles. The van der Waals surface area contributed by atoms with Gasteiger partial charge < -0.3 is 9.64 Å². The second-order valence-electron chi connectivity index (χ2n) is 5.23. The lowest BCUT2D eigenvalue weighted by molar-refractivity contribution is -0.385. The number of hydrogen-bond donors (Lipinski definition) is 0. The van der Waals surface area contributed by atoms with Crippen LogP contribution in [-0.2, 0) is 20.7 Å². The second-order valence-corrected chi connectivity index (χ2v) is 5.23. The lowest BCUT2D eigenvalue weighted by Gasteiger charge is -2.28. The number of nitro benzene ring substituents is 1. The predicted molar refractivity (Wildman–Crippen MR) is 84.9 cm³/mol. The monoisotopic (exact) mass is 322 g/mol. The summed E-state index contributed by atoms with van der Waals surface area (Å²) in [6.45, 7) is 4.06. The third-order valence-electron chi connectivity index (χ3n) is 3.76. The lowest BCUT2D eigenvalue weighted by atomic mass is 10.1. The van der Waals surface area contributed by atoms with E-state index in [0.717, 1.165) is 6.42 Å². The van der Waals surface area contributed by atoms with Crippen molar-refractivity contribution in [3.63, 3.8) is 0 Å². The van der Waals surface area contributed by atoms with Crippen molar-refractivity contribution >= 4 is 17.6 Å². The van der Waals surface area contributed by atoms with Gasteiger partial charge >= 0.3 is 5.97 Å². The van der Waals surface area contributed by atoms with E-state index in [4.69, 9.17) is 0 Å². The molecule has 7 heteroatoms. The summed E-state index contributed by atoms with van der Waals surface area (Å²) in [6, 6.07) is 6.12. The van der Waals surface area contributed by atoms with Crippen LogP contribution in [0.15, 0.2) is 24.3 Å². The predicted octanol–water partition coefficient (Wildman–Crippen LogP) is 2.33. The average molecular weight is 322 g/mol. The summed E-state index contributed by atoms with van der Waals surface area (Å²) in [5, 5.41) is 11.0. The summed E-state index contributed by atoms with van der Waals surface area (Å²) in [4.78, 5) is 36.0. The highest BCUT2D eigenvalue weighted by Crippen LogP contribution is 2.19. The number of para-hydroxylation sites is 1. The quantitative estimate of drug-likeness (QED) is 0.416. The average Bonchev–Trinajstić information content (AvgIpc) is 2.54. The number of benzene rings is 1. The number of methoxy groups -OCH3 is 1. The van der Waals surface area contributed by atoms with Crippen LogP contribution in [0, 0.1) is 10.1 Å². The Morgan fingerprint density at radius 2 is 2.00 bits per heavy atom. The number of nitro groups is 1. The third kappa shape index (κ3) is 5.36. The first-order valence-electron chi connectivity index (χ1n) is 7.49. The molecule has 1 amide bonds. The normalized spacial score (nSPS) is 11.6. The van der Waals surface area contributed by atoms with E-state index in [2.05, 4.69) is 4.74 Å². The van der Waals surface area contributed by atoms with Gasteiger partial charge in [0.1, 0.15) is 0 Å². The molecule has 0 aliphatic heterocycles. The Kier molecular flexibility index (Phi) is 7.18. The van der Waals surface area contributed by atoms with Gasteiger partial charge in [0, 0.05) is 24.2 Å². The molecule has 1 aromatic carbocycles. The summed E-state index contributed by atoms with van der Waals surface area (Å²) in [6.07, 6.45) is 0.760. The number of nitrogens with zero attached hydrogens (tertiary/aromatic N) is 2. The molecule has 1 rings (SSSR count). The van der Waals surface area contributed by atoms with Crippen LogP contribution in [0.1, 0.15) is 32.3 Å². The lowest BCUT2D eigenvalue weighted by Crippen LogP contribution is -2.40. The molecular formula is C16H22N2O5. The molecule has 0 aromatic heterocycles. The van der Waals surface area contributed by atoms with Crippen molar-refractivity contribution in [2.75, 3.05) is 13.7 Å². The van der Waals surface area contributed by atoms with E-state index < -0.39 is 10.9 Å². The van der Waals surface area contributed by atoms with Gasteiger partial charge in [-0.25, -0.2) is 0 Å². The third-order valence-corrected chi connectivity index (χ3v) is 3.76. The van der Waals surface area contributed by atoms with Crippen molar-refractivity contribution in [1.82, 2.24) is 4.90 Å². The van der Waals surface area contributed by atoms with Crippen molar-refractivity contribution in [3.05, 3.63) is 39.9 Å². The summed E-state index contributed by atoms with van der Waals surface area (Å²) in [5.41, 5.74) is 0.298. The second kappa shape index (κ2) is 8.87. The van der Waals surface area contributed by atoms with Gasteiger partial charge in [0.05, 0.1) is 24.9 Å². The SMILES string of the molecule is CCC(C)N(CCC(=O)OC)C(=O)Cc1ccccc1[N+](=O)[O-]. The summed E-state index contributed by atoms with van der Waals surface area (Å²) < 4.78 is 4.60. The molecular weight excluding hydrogens is 300 g/mol. The molecule has 0 aliphatic rings. The van der Waals surface area contributed by atoms with Gasteiger partial charge in [-0.3, -0.25) is 19.7 Å². The minimum Gasteiger partial charge on any atom is -0.469 e. The van der Waals surface area contributed by atoms with E-state index in [1.165, 1.54) is 13.2 Å². The summed E-state index contributed by atoms with van der Waals surface area (Å²) in [7, 11) is 1.30. The zero-order valence-corrected chi connectivity index (χ0v) is 13.7. The minimum atomic E-state index is -0.495. The number of ether oxygens (including phenoxy) is 1. The van der Waals surface area contributed by atoms with Crippen molar-refractivity contribution in [1.29, 1.82) is 0 Å². The molecule has 0 saturated carbocycles. The zero-order chi connectivity index (χ0) is 17.4. The van der Waals surface area contributed by atoms with E-state index in [-0.39, 0.29) is 37.0 Å². The Balaban J connectivity index is 2.89. The molecule has 0 aliphatic carbocycles. The highest BCUT2D eigenvalue weighted by molar-refractivity contribution is 5.81. The van der Waals surface area contributed by atoms with Gasteiger partial charge in [-0.1, -0.05) is 25.1 Å². The molecule has 0 heterocycles. The fourth-order valence-electron chi connectivity index (χ4n) is 2.23. The molecule has 0 N–H and O–H groups in total. The Labute approximate surface area is 135 Å². The van der Waals surface area contributed by atoms with E-state index in [1.54, 1.807) is 23.1 Å². The van der Waals surface area contributed by atoms with Gasteiger partial charge in [0.25, 0.3) is 5.69 Å². The number of esters is 1. The maximum Gasteiger partial charge on any atom is 0.307 e. The fourth-order valence-corrected chi connectivity index (χ4v) is 2.23. The first kappa shape index (κ1) is 18.6. The molecule has 0 radical (unpaired) electrons. The Bertz CT molecular complexity index is 573. The van der Waals surface area contributed by atoms with Crippen LogP contribution in [0.2, 0.25) is 0 Å². The largest absolute Gasteiger partial charge is 0.469 e. The number of carbonyl (C=O) groups excluding carboxylic acids is 2. The van der Waals surface area contributed by atoms with Crippen LogP contribution in [0.5, 0.6) is 0 Å². The smallest absolute Gasteiger partial charge is 0.307 e. The van der Waals surface area contributed by atoms with Crippen LogP contribution < -0.4 is 0 Å². The number of carbonyl (C=O) groups is 2. The summed E-state index contributed by atoms with van der Waals surface area (Å²) >= 11 is 0. The van der Waals surface area contributed by atoms with E-state index in [1.807, 2.05) is 13.8 Å². The highest BCUT2D eigenvalue weighted by Gasteiger charge is 2.23. The number of rotatable bonds is 8. The first-order chi connectivity index (χ1) is 10.9. The maximum absolute atomic E-state index is 12.5. The molecule has 1 unspecified atom stereocenters. The number of amides is 1. The van der Waals surface area contributed by atoms with Crippen LogP contribution in [0.4, 0.5) is 5.69 Å². The van der Waals surface area contributed by atoms with Gasteiger partial charge in [-0.15, -0.1) is 0 Å². The van der Waals surface area contributed by atoms with Gasteiger partial charge in [-0.05, 0) is 13.3 Å². The minimum absolute atomic E-state index is 0.0603. The molecule has 0 spiro atoms. The van der Waals surface area contributed by atoms with Crippen LogP contribution >= 0.6 is 0 Å². The van der Waals surface area contributed by atoms with Gasteiger partial charge in [-0.2, -0.15) is 0 Å². The summed E-state index contributed by atoms with van der Waals surface area (Å²) in [5.74, 6) is -0.630. The zero-order valence-electron chi connectivity index (χ0n) is 13.7. The molecule has 0 fully saturated rings. The number of hydrogen-bond acceptors (Lipinski definition) is 5. The Morgan fingerprint density at radius 3 is 2.57 bits per heavy atom. The first-order valence-corrected chi connectivity index (χ1v) is 7.49. The van der Waals surface area contributed by atoms with Crippen LogP contribution in [-0.4, -0.2) is 41.4 Å². The van der Waals surface area contributed by atoms with Crippen LogP contribution in [0.25, 0.3) is 0 Å². The van der Waals surface area contributed by atoms with Crippen molar-refractivity contribution in [2.24, 2.45) is 0 Å².